The van der Waals surface area contributed by atoms with Crippen molar-refractivity contribution >= 4 is 6.09 Å². The molecule has 4 nitrogen and oxygen atoms in total. The minimum absolute atomic E-state index is 0.232. The number of ether oxygens (including phenoxy) is 1. The molecule has 1 aliphatic heterocycles. The highest BCUT2D eigenvalue weighted by Gasteiger charge is 2.29. The quantitative estimate of drug-likeness (QED) is 0.866. The third kappa shape index (κ3) is 2.55. The molecular formula is C12H15FN2O2. The summed E-state index contributed by atoms with van der Waals surface area (Å²) >= 11 is 0. The highest BCUT2D eigenvalue weighted by molar-refractivity contribution is 5.70. The Morgan fingerprint density at radius 1 is 1.59 bits per heavy atom. The van der Waals surface area contributed by atoms with Gasteiger partial charge in [-0.05, 0) is 24.1 Å². The third-order valence-electron chi connectivity index (χ3n) is 2.81. The molecule has 0 radical (unpaired) electrons. The van der Waals surface area contributed by atoms with E-state index in [-0.39, 0.29) is 18.0 Å². The molecule has 1 saturated heterocycles. The molecule has 5 heteroatoms. The summed E-state index contributed by atoms with van der Waals surface area (Å²) in [6, 6.07) is 4.82. The first-order valence-electron chi connectivity index (χ1n) is 5.51. The van der Waals surface area contributed by atoms with Gasteiger partial charge in [-0.15, -0.1) is 0 Å². The first kappa shape index (κ1) is 11.9. The summed E-state index contributed by atoms with van der Waals surface area (Å²) in [6.07, 6.45) is -0.591. The van der Waals surface area contributed by atoms with Crippen LogP contribution in [0.5, 0.6) is 0 Å². The van der Waals surface area contributed by atoms with Gasteiger partial charge in [-0.2, -0.15) is 0 Å². The van der Waals surface area contributed by atoms with Crippen LogP contribution in [0.3, 0.4) is 0 Å². The van der Waals surface area contributed by atoms with Crippen LogP contribution in [0.15, 0.2) is 18.2 Å². The van der Waals surface area contributed by atoms with Gasteiger partial charge in [0, 0.05) is 13.1 Å². The smallest absolute Gasteiger partial charge is 0.410 e. The molecule has 1 fully saturated rings. The van der Waals surface area contributed by atoms with E-state index in [0.717, 1.165) is 5.56 Å². The van der Waals surface area contributed by atoms with Crippen molar-refractivity contribution < 1.29 is 13.9 Å². The van der Waals surface area contributed by atoms with E-state index in [9.17, 15) is 9.18 Å². The second-order valence-electron chi connectivity index (χ2n) is 4.21. The molecule has 92 valence electrons. The Morgan fingerprint density at radius 2 is 2.35 bits per heavy atom. The van der Waals surface area contributed by atoms with Gasteiger partial charge in [0.05, 0.1) is 6.54 Å². The number of carbonyl (C=O) groups is 1. The summed E-state index contributed by atoms with van der Waals surface area (Å²) < 4.78 is 18.1. The van der Waals surface area contributed by atoms with E-state index >= 15 is 0 Å². The van der Waals surface area contributed by atoms with Crippen molar-refractivity contribution in [2.75, 3.05) is 13.1 Å². The lowest BCUT2D eigenvalue weighted by Gasteiger charge is -2.13. The molecule has 1 atom stereocenters. The van der Waals surface area contributed by atoms with Crippen molar-refractivity contribution in [3.63, 3.8) is 0 Å². The minimum Gasteiger partial charge on any atom is -0.443 e. The van der Waals surface area contributed by atoms with Crippen LogP contribution in [-0.2, 0) is 11.3 Å². The standard InChI is InChI=1S/C12H15FN2O2/c1-8-4-9(2-3-11(8)13)6-15-7-10(5-14)17-12(15)16/h2-4,10H,5-7,14H2,1H3. The van der Waals surface area contributed by atoms with Gasteiger partial charge < -0.3 is 15.4 Å². The fourth-order valence-corrected chi connectivity index (χ4v) is 1.85. The van der Waals surface area contributed by atoms with Crippen LogP contribution in [0.4, 0.5) is 9.18 Å². The van der Waals surface area contributed by atoms with E-state index in [1.807, 2.05) is 0 Å². The molecule has 2 N–H and O–H groups in total. The number of cyclic esters (lactones) is 1. The average Bonchev–Trinajstić information content (AvgIpc) is 2.65. The highest BCUT2D eigenvalue weighted by Crippen LogP contribution is 2.16. The van der Waals surface area contributed by atoms with Gasteiger partial charge in [-0.1, -0.05) is 12.1 Å². The van der Waals surface area contributed by atoms with Gasteiger partial charge >= 0.3 is 6.09 Å². The fourth-order valence-electron chi connectivity index (χ4n) is 1.85. The number of carbonyl (C=O) groups excluding carboxylic acids is 1. The van der Waals surface area contributed by atoms with E-state index in [1.54, 1.807) is 24.0 Å². The van der Waals surface area contributed by atoms with Gasteiger partial charge in [-0.3, -0.25) is 0 Å². The van der Waals surface area contributed by atoms with Crippen LogP contribution >= 0.6 is 0 Å². The molecule has 1 heterocycles. The van der Waals surface area contributed by atoms with Gasteiger partial charge in [-0.25, -0.2) is 9.18 Å². The topological polar surface area (TPSA) is 55.6 Å². The number of nitrogens with zero attached hydrogens (tertiary/aromatic N) is 1. The molecule has 1 aromatic rings. The highest BCUT2D eigenvalue weighted by atomic mass is 19.1. The molecule has 0 spiro atoms. The molecule has 0 aromatic heterocycles. The van der Waals surface area contributed by atoms with Crippen LogP contribution in [0.25, 0.3) is 0 Å². The number of rotatable bonds is 3. The molecule has 17 heavy (non-hydrogen) atoms. The second kappa shape index (κ2) is 4.71. The Balaban J connectivity index is 2.06. The van der Waals surface area contributed by atoms with Gasteiger partial charge in [0.2, 0.25) is 0 Å². The number of benzene rings is 1. The minimum atomic E-state index is -0.359. The summed E-state index contributed by atoms with van der Waals surface area (Å²) in [4.78, 5) is 13.0. The molecule has 0 aliphatic carbocycles. The van der Waals surface area contributed by atoms with Crippen molar-refractivity contribution in [2.45, 2.75) is 19.6 Å². The van der Waals surface area contributed by atoms with E-state index in [2.05, 4.69) is 0 Å². The Labute approximate surface area is 99.2 Å². The molecule has 1 amide bonds. The predicted molar refractivity (Wildman–Crippen MR) is 60.9 cm³/mol. The number of amides is 1. The average molecular weight is 238 g/mol. The molecule has 2 rings (SSSR count). The van der Waals surface area contributed by atoms with E-state index in [4.69, 9.17) is 10.5 Å². The zero-order valence-electron chi connectivity index (χ0n) is 9.65. The maximum Gasteiger partial charge on any atom is 0.410 e. The molecular weight excluding hydrogens is 223 g/mol. The molecule has 1 aromatic carbocycles. The van der Waals surface area contributed by atoms with E-state index in [0.29, 0.717) is 25.2 Å². The number of hydrogen-bond donors (Lipinski definition) is 1. The number of aryl methyl sites for hydroxylation is 1. The predicted octanol–water partition coefficient (Wildman–Crippen LogP) is 1.41. The van der Waals surface area contributed by atoms with Crippen molar-refractivity contribution in [1.29, 1.82) is 0 Å². The zero-order chi connectivity index (χ0) is 12.4. The summed E-state index contributed by atoms with van der Waals surface area (Å²) in [7, 11) is 0. The van der Waals surface area contributed by atoms with Crippen molar-refractivity contribution in [1.82, 2.24) is 4.90 Å². The van der Waals surface area contributed by atoms with Gasteiger partial charge in [0.1, 0.15) is 11.9 Å². The van der Waals surface area contributed by atoms with Crippen LogP contribution < -0.4 is 5.73 Å². The first-order chi connectivity index (χ1) is 8.10. The number of nitrogens with two attached hydrogens (primary N) is 1. The lowest BCUT2D eigenvalue weighted by molar-refractivity contribution is 0.134. The lowest BCUT2D eigenvalue weighted by Crippen LogP contribution is -2.27. The largest absolute Gasteiger partial charge is 0.443 e. The summed E-state index contributed by atoms with van der Waals surface area (Å²) in [5, 5.41) is 0. The Bertz CT molecular complexity index is 437. The fraction of sp³-hybridized carbons (Fsp3) is 0.417. The molecule has 1 aliphatic rings. The summed E-state index contributed by atoms with van der Waals surface area (Å²) in [5.41, 5.74) is 6.90. The normalized spacial score (nSPS) is 19.6. The van der Waals surface area contributed by atoms with Gasteiger partial charge in [0.25, 0.3) is 0 Å². The number of hydrogen-bond acceptors (Lipinski definition) is 3. The third-order valence-corrected chi connectivity index (χ3v) is 2.81. The van der Waals surface area contributed by atoms with Crippen LogP contribution in [0.2, 0.25) is 0 Å². The van der Waals surface area contributed by atoms with Crippen molar-refractivity contribution in [2.24, 2.45) is 5.73 Å². The number of halogens is 1. The SMILES string of the molecule is Cc1cc(CN2CC(CN)OC2=O)ccc1F. The summed E-state index contributed by atoms with van der Waals surface area (Å²) in [5.74, 6) is -0.238. The Hall–Kier alpha value is -1.62. The maximum absolute atomic E-state index is 13.1. The van der Waals surface area contributed by atoms with E-state index < -0.39 is 0 Å². The first-order valence-corrected chi connectivity index (χ1v) is 5.51. The lowest BCUT2D eigenvalue weighted by atomic mass is 10.1. The summed E-state index contributed by atoms with van der Waals surface area (Å²) in [6.45, 7) is 2.94. The van der Waals surface area contributed by atoms with Crippen molar-refractivity contribution in [3.8, 4) is 0 Å². The molecule has 0 saturated carbocycles. The van der Waals surface area contributed by atoms with Gasteiger partial charge in [0.15, 0.2) is 0 Å². The van der Waals surface area contributed by atoms with Crippen LogP contribution in [0.1, 0.15) is 11.1 Å². The monoisotopic (exact) mass is 238 g/mol. The maximum atomic E-state index is 13.1. The Morgan fingerprint density at radius 3 is 2.94 bits per heavy atom. The zero-order valence-corrected chi connectivity index (χ0v) is 9.65. The van der Waals surface area contributed by atoms with E-state index in [1.165, 1.54) is 6.07 Å². The Kier molecular flexibility index (Phi) is 3.28. The second-order valence-corrected chi connectivity index (χ2v) is 4.21. The molecule has 1 unspecified atom stereocenters. The van der Waals surface area contributed by atoms with Crippen LogP contribution in [0, 0.1) is 12.7 Å². The van der Waals surface area contributed by atoms with Crippen molar-refractivity contribution in [3.05, 3.63) is 35.1 Å². The van der Waals surface area contributed by atoms with Crippen LogP contribution in [-0.4, -0.2) is 30.2 Å². The molecule has 0 bridgehead atoms.